The fraction of sp³-hybridized carbons (Fsp3) is 0.536. The Bertz CT molecular complexity index is 1280. The number of rotatable bonds is 5. The van der Waals surface area contributed by atoms with Gasteiger partial charge in [0.1, 0.15) is 17.1 Å². The van der Waals surface area contributed by atoms with E-state index in [1.807, 2.05) is 0 Å². The lowest BCUT2D eigenvalue weighted by molar-refractivity contribution is -0.152. The van der Waals surface area contributed by atoms with Gasteiger partial charge in [-0.15, -0.1) is 0 Å². The molecule has 6 atom stereocenters. The zero-order chi connectivity index (χ0) is 28.5. The summed E-state index contributed by atoms with van der Waals surface area (Å²) in [5.41, 5.74) is 3.24. The van der Waals surface area contributed by atoms with E-state index in [2.05, 4.69) is 26.1 Å². The van der Waals surface area contributed by atoms with Gasteiger partial charge in [0.2, 0.25) is 5.78 Å². The lowest BCUT2D eigenvalue weighted by Gasteiger charge is -2.52. The summed E-state index contributed by atoms with van der Waals surface area (Å²) < 4.78 is 0. The number of primary amides is 1. The highest BCUT2D eigenvalue weighted by atomic mass is 16.3. The van der Waals surface area contributed by atoms with Gasteiger partial charge in [-0.1, -0.05) is 39.8 Å². The Kier molecular flexibility index (Phi) is 6.85. The van der Waals surface area contributed by atoms with Gasteiger partial charge in [-0.3, -0.25) is 19.3 Å². The summed E-state index contributed by atoms with van der Waals surface area (Å²) in [6.45, 7) is 9.02. The van der Waals surface area contributed by atoms with Crippen LogP contribution in [0.3, 0.4) is 0 Å². The van der Waals surface area contributed by atoms with E-state index < -0.39 is 64.3 Å². The molecule has 0 saturated carbocycles. The van der Waals surface area contributed by atoms with Crippen LogP contribution in [0.2, 0.25) is 0 Å². The van der Waals surface area contributed by atoms with Crippen molar-refractivity contribution in [3.05, 3.63) is 51.8 Å². The minimum absolute atomic E-state index is 0.0139. The number of phenols is 1. The van der Waals surface area contributed by atoms with Crippen LogP contribution in [0.5, 0.6) is 5.75 Å². The Morgan fingerprint density at radius 1 is 1.18 bits per heavy atom. The van der Waals surface area contributed by atoms with E-state index in [0.717, 1.165) is 6.08 Å². The summed E-state index contributed by atoms with van der Waals surface area (Å²) in [4.78, 5) is 40.8. The molecule has 0 fully saturated rings. The van der Waals surface area contributed by atoms with Crippen LogP contribution in [0.4, 0.5) is 0 Å². The average molecular weight is 528 g/mol. The normalized spacial score (nSPS) is 31.1. The molecule has 1 amide bonds. The zero-order valence-corrected chi connectivity index (χ0v) is 22.6. The number of aliphatic hydroxyl groups excluding tert-OH is 2. The summed E-state index contributed by atoms with van der Waals surface area (Å²) in [6, 6.07) is 2.38. The third-order valence-electron chi connectivity index (χ3n) is 8.03. The number of Topliss-reactive ketones (excluding diaryl/α,β-unsaturated/α-hetero) is 2. The molecule has 3 aliphatic rings. The maximum Gasteiger partial charge on any atom is 0.255 e. The van der Waals surface area contributed by atoms with Gasteiger partial charge in [0.25, 0.3) is 5.91 Å². The Labute approximate surface area is 221 Å². The molecule has 0 bridgehead atoms. The number of phenolic OH excluding ortho intramolecular Hbond substituents is 1. The van der Waals surface area contributed by atoms with E-state index in [0.29, 0.717) is 24.2 Å². The van der Waals surface area contributed by atoms with Gasteiger partial charge >= 0.3 is 0 Å². The van der Waals surface area contributed by atoms with Crippen molar-refractivity contribution in [2.45, 2.75) is 57.9 Å². The topological polar surface area (TPSA) is 173 Å². The Hall–Kier alpha value is -3.05. The summed E-state index contributed by atoms with van der Waals surface area (Å²) in [5.74, 6) is -6.42. The third-order valence-corrected chi connectivity index (χ3v) is 8.03. The Balaban J connectivity index is 1.85. The standard InChI is InChI=1S/C28H37N3O7/c1-12-14-8-7-13(10-30-11-27(2,3)4)21(32)17(14)22(33)15-9-28(38)19(23(34)16(12)15)20(31(5)6)24(35)18(25(28)36)26(29)37/h7-9,12,16,19-20,23,30,32,34-35,38H,10-11H2,1-6H3,(H2,29,37)/t12-,16?,19?,20-,23-,28+/m0/s1. The van der Waals surface area contributed by atoms with Gasteiger partial charge in [0, 0.05) is 36.1 Å². The van der Waals surface area contributed by atoms with Crippen LogP contribution in [0.25, 0.3) is 0 Å². The van der Waals surface area contributed by atoms with Gasteiger partial charge < -0.3 is 31.5 Å². The van der Waals surface area contributed by atoms with Crippen molar-refractivity contribution in [1.29, 1.82) is 0 Å². The molecular formula is C28H37N3O7. The molecule has 10 heteroatoms. The van der Waals surface area contributed by atoms with Crippen LogP contribution in [0.1, 0.15) is 55.1 Å². The van der Waals surface area contributed by atoms with E-state index >= 15 is 0 Å². The first-order valence-corrected chi connectivity index (χ1v) is 12.7. The van der Waals surface area contributed by atoms with E-state index in [1.54, 1.807) is 33.2 Å². The number of nitrogens with one attached hydrogen (secondary N) is 1. The molecule has 7 N–H and O–H groups in total. The molecule has 0 spiro atoms. The molecule has 0 radical (unpaired) electrons. The number of nitrogens with zero attached hydrogens (tertiary/aromatic N) is 1. The van der Waals surface area contributed by atoms with Crippen molar-refractivity contribution in [2.24, 2.45) is 23.0 Å². The quantitative estimate of drug-likeness (QED) is 0.304. The van der Waals surface area contributed by atoms with Crippen molar-refractivity contribution in [3.8, 4) is 5.75 Å². The van der Waals surface area contributed by atoms with Crippen LogP contribution >= 0.6 is 0 Å². The molecule has 0 heterocycles. The van der Waals surface area contributed by atoms with E-state index in [4.69, 9.17) is 5.73 Å². The second kappa shape index (κ2) is 9.30. The third kappa shape index (κ3) is 4.16. The van der Waals surface area contributed by atoms with Crippen molar-refractivity contribution in [2.75, 3.05) is 20.6 Å². The second-order valence-electron chi connectivity index (χ2n) is 12.1. The first-order chi connectivity index (χ1) is 17.5. The number of carbonyl (C=O) groups excluding carboxylic acids is 3. The largest absolute Gasteiger partial charge is 0.510 e. The Morgan fingerprint density at radius 3 is 2.37 bits per heavy atom. The highest BCUT2D eigenvalue weighted by Crippen LogP contribution is 2.53. The summed E-state index contributed by atoms with van der Waals surface area (Å²) in [6.07, 6.45) is -0.357. The Morgan fingerprint density at radius 2 is 1.82 bits per heavy atom. The molecule has 38 heavy (non-hydrogen) atoms. The molecule has 10 nitrogen and oxygen atoms in total. The van der Waals surface area contributed by atoms with Crippen molar-refractivity contribution in [3.63, 3.8) is 0 Å². The number of aliphatic hydroxyl groups is 3. The van der Waals surface area contributed by atoms with Crippen LogP contribution in [0, 0.1) is 17.3 Å². The lowest BCUT2D eigenvalue weighted by atomic mass is 9.56. The smallest absolute Gasteiger partial charge is 0.255 e. The zero-order valence-electron chi connectivity index (χ0n) is 22.6. The van der Waals surface area contributed by atoms with E-state index in [-0.39, 0.29) is 22.3 Å². The number of ketones is 2. The molecule has 0 aliphatic heterocycles. The number of aromatic hydroxyl groups is 1. The van der Waals surface area contributed by atoms with Gasteiger partial charge in [-0.05, 0) is 37.1 Å². The van der Waals surface area contributed by atoms with Crippen molar-refractivity contribution in [1.82, 2.24) is 10.2 Å². The van der Waals surface area contributed by atoms with Crippen LogP contribution in [0.15, 0.2) is 35.1 Å². The minimum Gasteiger partial charge on any atom is -0.510 e. The first kappa shape index (κ1) is 28.0. The number of nitrogens with two attached hydrogens (primary N) is 1. The molecule has 1 aromatic rings. The highest BCUT2D eigenvalue weighted by molar-refractivity contribution is 6.24. The van der Waals surface area contributed by atoms with Crippen molar-refractivity contribution >= 4 is 17.5 Å². The molecule has 4 rings (SSSR count). The van der Waals surface area contributed by atoms with Gasteiger partial charge in [0.15, 0.2) is 11.4 Å². The number of hydrogen-bond acceptors (Lipinski definition) is 9. The van der Waals surface area contributed by atoms with E-state index in [1.165, 1.54) is 4.90 Å². The van der Waals surface area contributed by atoms with Crippen LogP contribution in [-0.2, 0) is 16.1 Å². The molecule has 0 aromatic heterocycles. The van der Waals surface area contributed by atoms with Gasteiger partial charge in [-0.25, -0.2) is 0 Å². The molecule has 2 unspecified atom stereocenters. The van der Waals surface area contributed by atoms with Crippen LogP contribution in [-0.4, -0.2) is 81.2 Å². The predicted octanol–water partition coefficient (Wildman–Crippen LogP) is 0.902. The van der Waals surface area contributed by atoms with Crippen LogP contribution < -0.4 is 11.1 Å². The maximum atomic E-state index is 13.8. The maximum absolute atomic E-state index is 13.8. The van der Waals surface area contributed by atoms with E-state index in [9.17, 15) is 34.8 Å². The summed E-state index contributed by atoms with van der Waals surface area (Å²) in [5, 5.41) is 48.6. The van der Waals surface area contributed by atoms with Gasteiger partial charge in [0.05, 0.1) is 17.7 Å². The molecule has 206 valence electrons. The SMILES string of the molecule is C[C@H]1c2ccc(CNCC(C)(C)C)c(O)c2C(=O)C2=C[C@]3(O)C(=O)C(C(N)=O)=C(O)[C@@H](N(C)C)C3[C@@H](O)C21. The second-order valence-corrected chi connectivity index (χ2v) is 12.1. The fourth-order valence-corrected chi connectivity index (χ4v) is 6.28. The fourth-order valence-electron chi connectivity index (χ4n) is 6.28. The minimum atomic E-state index is -2.48. The molecule has 1 aromatic carbocycles. The molecule has 0 saturated heterocycles. The number of fused-ring (bicyclic) bond motifs is 3. The molecular weight excluding hydrogens is 490 g/mol. The number of carbonyl (C=O) groups is 3. The monoisotopic (exact) mass is 527 g/mol. The van der Waals surface area contributed by atoms with Gasteiger partial charge in [-0.2, -0.15) is 0 Å². The number of amides is 1. The lowest BCUT2D eigenvalue weighted by Crippen LogP contribution is -2.66. The highest BCUT2D eigenvalue weighted by Gasteiger charge is 2.63. The summed E-state index contributed by atoms with van der Waals surface area (Å²) in [7, 11) is 3.14. The number of hydrogen-bond donors (Lipinski definition) is 6. The number of likely N-dealkylation sites (N-methyl/N-ethyl adjacent to an activating group) is 1. The molecule has 3 aliphatic carbocycles. The van der Waals surface area contributed by atoms with Crippen molar-refractivity contribution < 1.29 is 34.8 Å². The number of benzene rings is 1. The predicted molar refractivity (Wildman–Crippen MR) is 139 cm³/mol. The summed E-state index contributed by atoms with van der Waals surface area (Å²) >= 11 is 0. The first-order valence-electron chi connectivity index (χ1n) is 12.7. The average Bonchev–Trinajstić information content (AvgIpc) is 2.78.